The van der Waals surface area contributed by atoms with Gasteiger partial charge >= 0.3 is 5.97 Å². The Morgan fingerprint density at radius 2 is 1.95 bits per heavy atom. The molecule has 0 saturated carbocycles. The fourth-order valence-corrected chi connectivity index (χ4v) is 7.21. The number of unbranched alkanes of at least 4 members (excludes halogenated alkanes) is 4. The van der Waals surface area contributed by atoms with Crippen LogP contribution < -0.4 is 0 Å². The summed E-state index contributed by atoms with van der Waals surface area (Å²) in [5.74, 6) is -2.24. The lowest BCUT2D eigenvalue weighted by molar-refractivity contribution is -0.162. The Labute approximate surface area is 234 Å². The summed E-state index contributed by atoms with van der Waals surface area (Å²) >= 11 is 0. The van der Waals surface area contributed by atoms with Crippen molar-refractivity contribution in [2.75, 3.05) is 26.3 Å². The van der Waals surface area contributed by atoms with E-state index in [-0.39, 0.29) is 37.0 Å². The molecule has 8 heteroatoms. The number of rotatable bonds is 17. The summed E-state index contributed by atoms with van der Waals surface area (Å²) in [5, 5.41) is 9.15. The van der Waals surface area contributed by atoms with E-state index in [9.17, 15) is 14.4 Å². The number of fused-ring (bicyclic) bond motifs is 1. The molecule has 1 spiro atoms. The van der Waals surface area contributed by atoms with Gasteiger partial charge in [-0.3, -0.25) is 14.4 Å². The van der Waals surface area contributed by atoms with Crippen molar-refractivity contribution in [3.63, 3.8) is 0 Å². The molecule has 0 aromatic rings. The van der Waals surface area contributed by atoms with E-state index in [0.29, 0.717) is 38.8 Å². The number of esters is 1. The molecule has 0 aromatic carbocycles. The molecule has 2 bridgehead atoms. The molecule has 3 rings (SSSR count). The SMILES string of the molecule is C=CCCCOC(=O)[C@@H]1[C@H]2C(=O)N(CCCCCCO)C(C(=O)N(CC=C)C(C)CCC)C23CC(C)[C@@]1(C)O3. The predicted octanol–water partition coefficient (Wildman–Crippen LogP) is 4.26. The number of hydrogen-bond acceptors (Lipinski definition) is 6. The average Bonchev–Trinajstić information content (AvgIpc) is 3.41. The highest BCUT2D eigenvalue weighted by Crippen LogP contribution is 2.65. The van der Waals surface area contributed by atoms with Crippen LogP contribution in [0.4, 0.5) is 0 Å². The zero-order valence-corrected chi connectivity index (χ0v) is 24.5. The maximum absolute atomic E-state index is 14.4. The molecule has 3 saturated heterocycles. The summed E-state index contributed by atoms with van der Waals surface area (Å²) in [6.45, 7) is 16.9. The van der Waals surface area contributed by atoms with Crippen LogP contribution >= 0.6 is 0 Å². The van der Waals surface area contributed by atoms with Gasteiger partial charge in [0.05, 0.1) is 18.1 Å². The highest BCUT2D eigenvalue weighted by molar-refractivity contribution is 5.98. The molecule has 3 fully saturated rings. The Kier molecular flexibility index (Phi) is 10.8. The summed E-state index contributed by atoms with van der Waals surface area (Å²) in [7, 11) is 0. The van der Waals surface area contributed by atoms with Gasteiger partial charge < -0.3 is 24.4 Å². The zero-order chi connectivity index (χ0) is 28.8. The summed E-state index contributed by atoms with van der Waals surface area (Å²) < 4.78 is 12.5. The van der Waals surface area contributed by atoms with Crippen LogP contribution in [0.2, 0.25) is 0 Å². The van der Waals surface area contributed by atoms with Crippen molar-refractivity contribution in [2.45, 2.75) is 109 Å². The third kappa shape index (κ3) is 5.83. The molecule has 4 unspecified atom stereocenters. The van der Waals surface area contributed by atoms with Crippen molar-refractivity contribution in [2.24, 2.45) is 17.8 Å². The van der Waals surface area contributed by atoms with Crippen LogP contribution in [0.1, 0.15) is 85.5 Å². The predicted molar refractivity (Wildman–Crippen MR) is 151 cm³/mol. The average molecular weight is 547 g/mol. The van der Waals surface area contributed by atoms with Gasteiger partial charge in [0.1, 0.15) is 17.6 Å². The van der Waals surface area contributed by atoms with Crippen LogP contribution in [0.3, 0.4) is 0 Å². The van der Waals surface area contributed by atoms with E-state index < -0.39 is 35.0 Å². The van der Waals surface area contributed by atoms with Gasteiger partial charge in [0.2, 0.25) is 11.8 Å². The number of carbonyl (C=O) groups excluding carboxylic acids is 3. The van der Waals surface area contributed by atoms with E-state index in [1.807, 2.05) is 25.7 Å². The monoisotopic (exact) mass is 546 g/mol. The van der Waals surface area contributed by atoms with Crippen LogP contribution in [0.15, 0.2) is 25.3 Å². The van der Waals surface area contributed by atoms with Gasteiger partial charge in [-0.25, -0.2) is 0 Å². The van der Waals surface area contributed by atoms with Crippen LogP contribution in [-0.4, -0.2) is 82.3 Å². The number of likely N-dealkylation sites (tertiary alicyclic amines) is 1. The molecule has 2 amide bonds. The van der Waals surface area contributed by atoms with Gasteiger partial charge in [-0.2, -0.15) is 0 Å². The topological polar surface area (TPSA) is 96.4 Å². The second-order valence-electron chi connectivity index (χ2n) is 11.9. The number of amides is 2. The third-order valence-corrected chi connectivity index (χ3v) is 9.25. The third-order valence-electron chi connectivity index (χ3n) is 9.25. The largest absolute Gasteiger partial charge is 0.465 e. The molecule has 8 nitrogen and oxygen atoms in total. The molecule has 39 heavy (non-hydrogen) atoms. The Bertz CT molecular complexity index is 908. The summed E-state index contributed by atoms with van der Waals surface area (Å²) in [6.07, 6.45) is 10.4. The molecule has 220 valence electrons. The number of allylic oxidation sites excluding steroid dienone is 1. The molecule has 0 aromatic heterocycles. The van der Waals surface area contributed by atoms with Crippen molar-refractivity contribution >= 4 is 17.8 Å². The summed E-state index contributed by atoms with van der Waals surface area (Å²) in [6, 6.07) is -0.815. The first-order valence-corrected chi connectivity index (χ1v) is 14.9. The molecule has 3 aliphatic rings. The number of aliphatic hydroxyl groups excluding tert-OH is 1. The number of hydrogen-bond donors (Lipinski definition) is 1. The molecule has 3 aliphatic heterocycles. The van der Waals surface area contributed by atoms with E-state index in [4.69, 9.17) is 14.6 Å². The molecule has 7 atom stereocenters. The maximum atomic E-state index is 14.4. The summed E-state index contributed by atoms with van der Waals surface area (Å²) in [4.78, 5) is 45.7. The van der Waals surface area contributed by atoms with Gasteiger partial charge in [-0.1, -0.05) is 45.3 Å². The first kappa shape index (κ1) is 31.3. The number of carbonyl (C=O) groups is 3. The fourth-order valence-electron chi connectivity index (χ4n) is 7.21. The van der Waals surface area contributed by atoms with Gasteiger partial charge in [0.15, 0.2) is 0 Å². The van der Waals surface area contributed by atoms with Crippen molar-refractivity contribution in [3.05, 3.63) is 25.3 Å². The van der Waals surface area contributed by atoms with E-state index in [1.165, 1.54) is 0 Å². The minimum atomic E-state index is -1.07. The second kappa shape index (κ2) is 13.4. The lowest BCUT2D eigenvalue weighted by Crippen LogP contribution is -2.58. The normalized spacial score (nSPS) is 31.7. The lowest BCUT2D eigenvalue weighted by atomic mass is 9.62. The Morgan fingerprint density at radius 3 is 2.59 bits per heavy atom. The number of aliphatic hydroxyl groups is 1. The highest BCUT2D eigenvalue weighted by atomic mass is 16.6. The number of nitrogens with zero attached hydrogens (tertiary/aromatic N) is 2. The Hall–Kier alpha value is -2.19. The van der Waals surface area contributed by atoms with E-state index in [2.05, 4.69) is 20.1 Å². The number of ether oxygens (including phenoxy) is 2. The van der Waals surface area contributed by atoms with E-state index >= 15 is 0 Å². The van der Waals surface area contributed by atoms with Crippen LogP contribution in [0.5, 0.6) is 0 Å². The van der Waals surface area contributed by atoms with Gasteiger partial charge in [-0.15, -0.1) is 13.2 Å². The quantitative estimate of drug-likeness (QED) is 0.166. The second-order valence-corrected chi connectivity index (χ2v) is 11.9. The smallest absolute Gasteiger partial charge is 0.312 e. The standard InChI is InChI=1S/C31H50N2O6/c1-7-10-15-20-38-29(37)25-24-27(35)33(18-13-11-12-14-19-34)26(31(24)21-22(4)30(25,6)39-31)28(36)32(17-9-3)23(5)16-8-2/h7,9,22-26,34H,1,3,8,10-21H2,2,4-6H3/t22?,23?,24-,25-,26?,30+,31?/m0/s1. The first-order valence-electron chi connectivity index (χ1n) is 14.9. The van der Waals surface area contributed by atoms with Crippen molar-refractivity contribution in [3.8, 4) is 0 Å². The van der Waals surface area contributed by atoms with Gasteiger partial charge in [-0.05, 0) is 58.3 Å². The Balaban J connectivity index is 1.99. The molecule has 0 aliphatic carbocycles. The Morgan fingerprint density at radius 1 is 1.23 bits per heavy atom. The molecule has 3 heterocycles. The molecule has 1 N–H and O–H groups in total. The lowest BCUT2D eigenvalue weighted by Gasteiger charge is -2.39. The van der Waals surface area contributed by atoms with Crippen molar-refractivity contribution in [1.29, 1.82) is 0 Å². The van der Waals surface area contributed by atoms with Crippen molar-refractivity contribution in [1.82, 2.24) is 9.80 Å². The van der Waals surface area contributed by atoms with E-state index in [1.54, 1.807) is 17.1 Å². The minimum absolute atomic E-state index is 0.0188. The minimum Gasteiger partial charge on any atom is -0.465 e. The first-order chi connectivity index (χ1) is 18.6. The van der Waals surface area contributed by atoms with Crippen molar-refractivity contribution < 1.29 is 29.0 Å². The molecular weight excluding hydrogens is 496 g/mol. The summed E-state index contributed by atoms with van der Waals surface area (Å²) in [5.41, 5.74) is -1.94. The van der Waals surface area contributed by atoms with Crippen LogP contribution in [0, 0.1) is 17.8 Å². The van der Waals surface area contributed by atoms with E-state index in [0.717, 1.165) is 32.1 Å². The van der Waals surface area contributed by atoms with Crippen LogP contribution in [-0.2, 0) is 23.9 Å². The zero-order valence-electron chi connectivity index (χ0n) is 24.5. The molecule has 0 radical (unpaired) electrons. The van der Waals surface area contributed by atoms with Crippen LogP contribution in [0.25, 0.3) is 0 Å². The molecular formula is C31H50N2O6. The fraction of sp³-hybridized carbons (Fsp3) is 0.774. The highest BCUT2D eigenvalue weighted by Gasteiger charge is 2.80. The maximum Gasteiger partial charge on any atom is 0.312 e. The van der Waals surface area contributed by atoms with Gasteiger partial charge in [0.25, 0.3) is 0 Å². The van der Waals surface area contributed by atoms with Gasteiger partial charge in [0, 0.05) is 25.7 Å².